The van der Waals surface area contributed by atoms with Crippen LogP contribution in [0.2, 0.25) is 0 Å². The first-order valence-corrected chi connectivity index (χ1v) is 12.8. The molecule has 0 bridgehead atoms. The van der Waals surface area contributed by atoms with Crippen LogP contribution < -0.4 is 22.1 Å². The molecule has 1 aliphatic heterocycles. The van der Waals surface area contributed by atoms with Gasteiger partial charge < -0.3 is 37.1 Å². The van der Waals surface area contributed by atoms with Crippen molar-refractivity contribution in [2.75, 3.05) is 6.54 Å². The molecule has 8 N–H and O–H groups in total. The van der Waals surface area contributed by atoms with Gasteiger partial charge >= 0.3 is 5.97 Å². The number of benzene rings is 1. The molecular weight excluding hydrogens is 492 g/mol. The third-order valence-electron chi connectivity index (χ3n) is 7.13. The van der Waals surface area contributed by atoms with E-state index in [1.807, 2.05) is 38.1 Å². The molecule has 0 radical (unpaired) electrons. The van der Waals surface area contributed by atoms with Gasteiger partial charge in [-0.25, -0.2) is 4.79 Å². The molecule has 206 valence electrons. The number of para-hydroxylation sites is 1. The van der Waals surface area contributed by atoms with Crippen molar-refractivity contribution in [3.8, 4) is 0 Å². The number of carboxylic acid groups (broad SMARTS) is 1. The van der Waals surface area contributed by atoms with E-state index < -0.39 is 54.3 Å². The molecule has 1 aromatic heterocycles. The highest BCUT2D eigenvalue weighted by molar-refractivity contribution is 5.96. The Bertz CT molecular complexity index is 1200. The summed E-state index contributed by atoms with van der Waals surface area (Å²) >= 11 is 0. The van der Waals surface area contributed by atoms with Gasteiger partial charge in [-0.05, 0) is 30.4 Å². The minimum atomic E-state index is -1.56. The molecule has 2 aromatic rings. The number of carbonyl (C=O) groups excluding carboxylic acids is 4. The molecule has 0 aliphatic carbocycles. The van der Waals surface area contributed by atoms with Crippen LogP contribution in [0.1, 0.15) is 45.1 Å². The molecule has 1 aliphatic rings. The van der Waals surface area contributed by atoms with Crippen molar-refractivity contribution in [2.24, 2.45) is 17.4 Å². The summed E-state index contributed by atoms with van der Waals surface area (Å²) in [6, 6.07) is 3.12. The second kappa shape index (κ2) is 12.5. The summed E-state index contributed by atoms with van der Waals surface area (Å²) in [7, 11) is 0. The lowest BCUT2D eigenvalue weighted by molar-refractivity contribution is -0.144. The van der Waals surface area contributed by atoms with Crippen molar-refractivity contribution >= 4 is 40.5 Å². The third-order valence-corrected chi connectivity index (χ3v) is 7.13. The molecule has 2 heterocycles. The Morgan fingerprint density at radius 2 is 1.87 bits per heavy atom. The molecule has 0 spiro atoms. The number of nitrogens with zero attached hydrogens (tertiary/aromatic N) is 1. The molecular formula is C26H36N6O6. The van der Waals surface area contributed by atoms with E-state index in [4.69, 9.17) is 11.5 Å². The summed E-state index contributed by atoms with van der Waals surface area (Å²) in [5.74, 6) is -4.03. The number of carbonyl (C=O) groups is 5. The first-order valence-electron chi connectivity index (χ1n) is 12.8. The maximum absolute atomic E-state index is 13.4. The third kappa shape index (κ3) is 6.68. The number of hydrogen-bond acceptors (Lipinski definition) is 6. The number of H-pyrrole nitrogens is 1. The quantitative estimate of drug-likeness (QED) is 0.222. The number of primary amides is 1. The zero-order chi connectivity index (χ0) is 28.0. The Kier molecular flexibility index (Phi) is 9.45. The van der Waals surface area contributed by atoms with Gasteiger partial charge in [0.2, 0.25) is 23.6 Å². The SMILES string of the molecule is CCC(C)C(N)C(=O)N1CCCC1C(=O)NC(Cc1c[nH]c2ccccc12)C(=O)NC(CC(N)=O)C(=O)O. The fraction of sp³-hybridized carbons (Fsp3) is 0.500. The maximum atomic E-state index is 13.4. The Hall–Kier alpha value is -3.93. The van der Waals surface area contributed by atoms with Gasteiger partial charge in [-0.2, -0.15) is 0 Å². The number of aromatic nitrogens is 1. The summed E-state index contributed by atoms with van der Waals surface area (Å²) in [5.41, 5.74) is 12.8. The predicted octanol–water partition coefficient (Wildman–Crippen LogP) is 0.00440. The summed E-state index contributed by atoms with van der Waals surface area (Å²) in [5, 5.41) is 15.3. The molecule has 1 fully saturated rings. The summed E-state index contributed by atoms with van der Waals surface area (Å²) in [4.78, 5) is 67.2. The first kappa shape index (κ1) is 28.6. The van der Waals surface area contributed by atoms with E-state index in [1.54, 1.807) is 6.20 Å². The lowest BCUT2D eigenvalue weighted by Gasteiger charge is -2.30. The second-order valence-electron chi connectivity index (χ2n) is 9.80. The van der Waals surface area contributed by atoms with Crippen LogP contribution in [0.3, 0.4) is 0 Å². The monoisotopic (exact) mass is 528 g/mol. The van der Waals surface area contributed by atoms with Crippen LogP contribution in [-0.2, 0) is 30.4 Å². The van der Waals surface area contributed by atoms with Gasteiger partial charge in [0, 0.05) is 30.1 Å². The average molecular weight is 529 g/mol. The van der Waals surface area contributed by atoms with E-state index in [-0.39, 0.29) is 18.2 Å². The highest BCUT2D eigenvalue weighted by atomic mass is 16.4. The molecule has 12 nitrogen and oxygen atoms in total. The Morgan fingerprint density at radius 1 is 1.16 bits per heavy atom. The van der Waals surface area contributed by atoms with Crippen molar-refractivity contribution in [1.29, 1.82) is 0 Å². The highest BCUT2D eigenvalue weighted by Gasteiger charge is 2.39. The van der Waals surface area contributed by atoms with Crippen molar-refractivity contribution in [2.45, 2.75) is 70.1 Å². The first-order chi connectivity index (χ1) is 18.0. The number of nitrogens with two attached hydrogens (primary N) is 2. The molecule has 0 saturated carbocycles. The van der Waals surface area contributed by atoms with E-state index in [9.17, 15) is 29.1 Å². The average Bonchev–Trinajstić information content (AvgIpc) is 3.54. The van der Waals surface area contributed by atoms with Gasteiger partial charge in [0.05, 0.1) is 12.5 Å². The van der Waals surface area contributed by atoms with E-state index in [2.05, 4.69) is 15.6 Å². The second-order valence-corrected chi connectivity index (χ2v) is 9.80. The number of aliphatic carboxylic acids is 1. The summed E-state index contributed by atoms with van der Waals surface area (Å²) < 4.78 is 0. The number of hydrogen-bond donors (Lipinski definition) is 6. The minimum absolute atomic E-state index is 0.0392. The van der Waals surface area contributed by atoms with Crippen molar-refractivity contribution in [3.05, 3.63) is 36.0 Å². The van der Waals surface area contributed by atoms with E-state index in [1.165, 1.54) is 4.90 Å². The largest absolute Gasteiger partial charge is 0.480 e. The molecule has 5 atom stereocenters. The number of nitrogens with one attached hydrogen (secondary N) is 3. The molecule has 38 heavy (non-hydrogen) atoms. The molecule has 3 rings (SSSR count). The highest BCUT2D eigenvalue weighted by Crippen LogP contribution is 2.22. The minimum Gasteiger partial charge on any atom is -0.480 e. The van der Waals surface area contributed by atoms with Crippen LogP contribution in [-0.4, -0.2) is 75.3 Å². The van der Waals surface area contributed by atoms with Gasteiger partial charge in [-0.1, -0.05) is 38.5 Å². The van der Waals surface area contributed by atoms with Gasteiger partial charge in [-0.15, -0.1) is 0 Å². The van der Waals surface area contributed by atoms with E-state index >= 15 is 0 Å². The zero-order valence-corrected chi connectivity index (χ0v) is 21.6. The fourth-order valence-electron chi connectivity index (χ4n) is 4.66. The van der Waals surface area contributed by atoms with Gasteiger partial charge in [0.25, 0.3) is 0 Å². The fourth-order valence-corrected chi connectivity index (χ4v) is 4.66. The Balaban J connectivity index is 1.84. The van der Waals surface area contributed by atoms with Crippen LogP contribution in [0, 0.1) is 5.92 Å². The number of rotatable bonds is 12. The lowest BCUT2D eigenvalue weighted by Crippen LogP contribution is -2.57. The van der Waals surface area contributed by atoms with Crippen molar-refractivity contribution in [1.82, 2.24) is 20.5 Å². The summed E-state index contributed by atoms with van der Waals surface area (Å²) in [6.45, 7) is 4.18. The Morgan fingerprint density at radius 3 is 2.53 bits per heavy atom. The number of aromatic amines is 1. The molecule has 4 amide bonds. The lowest BCUT2D eigenvalue weighted by atomic mass is 9.98. The number of likely N-dealkylation sites (tertiary alicyclic amines) is 1. The summed E-state index contributed by atoms with van der Waals surface area (Å²) in [6.07, 6.45) is 2.87. The smallest absolute Gasteiger partial charge is 0.326 e. The normalized spacial score (nSPS) is 18.4. The number of amides is 4. The maximum Gasteiger partial charge on any atom is 0.326 e. The van der Waals surface area contributed by atoms with Crippen molar-refractivity contribution < 1.29 is 29.1 Å². The van der Waals surface area contributed by atoms with E-state index in [0.717, 1.165) is 16.5 Å². The van der Waals surface area contributed by atoms with E-state index in [0.29, 0.717) is 25.8 Å². The van der Waals surface area contributed by atoms with Crippen LogP contribution in [0.4, 0.5) is 0 Å². The van der Waals surface area contributed by atoms with Crippen LogP contribution in [0.25, 0.3) is 10.9 Å². The van der Waals surface area contributed by atoms with Gasteiger partial charge in [0.15, 0.2) is 0 Å². The van der Waals surface area contributed by atoms with Crippen LogP contribution >= 0.6 is 0 Å². The number of fused-ring (bicyclic) bond motifs is 1. The van der Waals surface area contributed by atoms with Crippen LogP contribution in [0.5, 0.6) is 0 Å². The molecule has 5 unspecified atom stereocenters. The number of carboxylic acids is 1. The molecule has 1 aromatic carbocycles. The Labute approximate surface area is 220 Å². The van der Waals surface area contributed by atoms with Gasteiger partial charge in [0.1, 0.15) is 18.1 Å². The molecule has 1 saturated heterocycles. The molecule has 12 heteroatoms. The van der Waals surface area contributed by atoms with Gasteiger partial charge in [-0.3, -0.25) is 19.2 Å². The van der Waals surface area contributed by atoms with Crippen molar-refractivity contribution in [3.63, 3.8) is 0 Å². The van der Waals surface area contributed by atoms with Crippen LogP contribution in [0.15, 0.2) is 30.5 Å². The zero-order valence-electron chi connectivity index (χ0n) is 21.6. The standard InChI is InChI=1S/C26H36N6O6/c1-3-14(2)22(28)25(36)32-10-6-9-20(32)24(35)30-18(23(34)31-19(26(37)38)12-21(27)33)11-15-13-29-17-8-5-4-7-16(15)17/h4-5,7-8,13-14,18-20,22,29H,3,6,9-12,28H2,1-2H3,(H2,27,33)(H,30,35)(H,31,34)(H,37,38). The topological polar surface area (TPSA) is 201 Å². The predicted molar refractivity (Wildman–Crippen MR) is 139 cm³/mol.